The van der Waals surface area contributed by atoms with Gasteiger partial charge in [0.1, 0.15) is 34.4 Å². The number of halogens is 2. The fourth-order valence-electron chi connectivity index (χ4n) is 7.11. The number of carbonyl (C=O) groups excluding carboxylic acids is 1. The molecule has 0 aliphatic heterocycles. The number of rotatable bonds is 22. The minimum Gasteiger partial charge on any atom is -0.543 e. The van der Waals surface area contributed by atoms with Crippen LogP contribution in [0.3, 0.4) is 0 Å². The van der Waals surface area contributed by atoms with Gasteiger partial charge in [0.15, 0.2) is 12.5 Å². The van der Waals surface area contributed by atoms with Crippen molar-refractivity contribution in [1.82, 2.24) is 9.97 Å². The van der Waals surface area contributed by atoms with E-state index >= 15 is 0 Å². The molecule has 2 aromatic carbocycles. The zero-order valence-electron chi connectivity index (χ0n) is 41.2. The summed E-state index contributed by atoms with van der Waals surface area (Å²) in [7, 11) is -3.58. The third-order valence-electron chi connectivity index (χ3n) is 11.7. The molecular formula is C50H70Cl2N2O9SSi2. The van der Waals surface area contributed by atoms with Crippen LogP contribution in [0.25, 0.3) is 26.9 Å². The molecule has 362 valence electrons. The van der Waals surface area contributed by atoms with Crippen molar-refractivity contribution in [2.75, 3.05) is 33.2 Å². The van der Waals surface area contributed by atoms with Crippen molar-refractivity contribution in [1.29, 1.82) is 0 Å². The topological polar surface area (TPSA) is 128 Å². The van der Waals surface area contributed by atoms with Crippen molar-refractivity contribution in [3.05, 3.63) is 74.9 Å². The molecule has 0 radical (unpaired) electrons. The van der Waals surface area contributed by atoms with E-state index in [0.717, 1.165) is 41.3 Å². The lowest BCUT2D eigenvalue weighted by molar-refractivity contribution is -0.163. The smallest absolute Gasteiger partial charge is 0.348 e. The summed E-state index contributed by atoms with van der Waals surface area (Å²) in [6.07, 6.45) is 6.29. The molecule has 0 fully saturated rings. The second-order valence-corrected chi connectivity index (χ2v) is 32.7. The van der Waals surface area contributed by atoms with Crippen LogP contribution in [0.5, 0.6) is 23.1 Å². The Bertz CT molecular complexity index is 2360. The highest BCUT2D eigenvalue weighted by Gasteiger charge is 2.39. The van der Waals surface area contributed by atoms with E-state index in [0.29, 0.717) is 51.6 Å². The van der Waals surface area contributed by atoms with Crippen LogP contribution in [0.1, 0.15) is 82.4 Å². The third kappa shape index (κ3) is 13.6. The molecule has 0 spiro atoms. The minimum atomic E-state index is -2.26. The number of aromatic nitrogens is 2. The Kier molecular flexibility index (Phi) is 18.1. The van der Waals surface area contributed by atoms with E-state index < -0.39 is 40.2 Å². The van der Waals surface area contributed by atoms with Gasteiger partial charge in [0.05, 0.1) is 35.3 Å². The Morgan fingerprint density at radius 1 is 0.985 bits per heavy atom. The van der Waals surface area contributed by atoms with Crippen molar-refractivity contribution in [2.24, 2.45) is 0 Å². The van der Waals surface area contributed by atoms with E-state index in [1.54, 1.807) is 6.08 Å². The number of ether oxygens (including phenoxy) is 6. The van der Waals surface area contributed by atoms with Crippen LogP contribution in [0.2, 0.25) is 53.9 Å². The summed E-state index contributed by atoms with van der Waals surface area (Å²) in [5.74, 6) is 1.08. The van der Waals surface area contributed by atoms with Crippen molar-refractivity contribution < 1.29 is 42.7 Å². The summed E-state index contributed by atoms with van der Waals surface area (Å²) in [6, 6.07) is 6.71. The van der Waals surface area contributed by atoms with Crippen molar-refractivity contribution >= 4 is 72.7 Å². The van der Waals surface area contributed by atoms with E-state index in [1.165, 1.54) is 23.2 Å². The van der Waals surface area contributed by atoms with Gasteiger partial charge in [-0.3, -0.25) is 0 Å². The lowest BCUT2D eigenvalue weighted by Gasteiger charge is -2.36. The molecule has 0 bridgehead atoms. The molecule has 0 saturated heterocycles. The van der Waals surface area contributed by atoms with Crippen LogP contribution >= 0.6 is 34.5 Å². The monoisotopic (exact) mass is 1000 g/mol. The fraction of sp³-hybridized carbons (Fsp3) is 0.540. The van der Waals surface area contributed by atoms with Gasteiger partial charge in [-0.2, -0.15) is 0 Å². The van der Waals surface area contributed by atoms with E-state index in [4.69, 9.17) is 66.0 Å². The zero-order chi connectivity index (χ0) is 48.8. The molecule has 4 aromatic rings. The van der Waals surface area contributed by atoms with Crippen LogP contribution in [-0.2, 0) is 25.4 Å². The van der Waals surface area contributed by atoms with Crippen molar-refractivity contribution in [3.63, 3.8) is 0 Å². The molecule has 2 aromatic heterocycles. The van der Waals surface area contributed by atoms with Gasteiger partial charge in [-0.25, -0.2) is 14.8 Å². The number of aliphatic hydroxyl groups excluding tert-OH is 1. The first-order valence-corrected chi connectivity index (χ1v) is 30.9. The number of hydrogen-bond donors (Lipinski definition) is 1. The Labute approximate surface area is 408 Å². The molecule has 1 aliphatic rings. The molecule has 2 heterocycles. The predicted molar refractivity (Wildman–Crippen MR) is 275 cm³/mol. The average molecular weight is 1000 g/mol. The quantitative estimate of drug-likeness (QED) is 0.0266. The van der Waals surface area contributed by atoms with Gasteiger partial charge in [-0.1, -0.05) is 75.8 Å². The number of nitrogens with zero attached hydrogens (tertiary/aromatic N) is 2. The van der Waals surface area contributed by atoms with Crippen LogP contribution < -0.4 is 18.6 Å². The molecule has 0 saturated carbocycles. The molecule has 1 aliphatic carbocycles. The van der Waals surface area contributed by atoms with Crippen LogP contribution in [0, 0.1) is 13.8 Å². The highest BCUT2D eigenvalue weighted by atomic mass is 35.5. The molecular weight excluding hydrogens is 932 g/mol. The van der Waals surface area contributed by atoms with Gasteiger partial charge in [-0.15, -0.1) is 17.9 Å². The van der Waals surface area contributed by atoms with Gasteiger partial charge in [0, 0.05) is 37.1 Å². The Morgan fingerprint density at radius 3 is 2.27 bits per heavy atom. The first-order chi connectivity index (χ1) is 30.9. The SMILES string of the molecule is C=CCOC[C@H](CO)Oc1c(Cl)c(C)c(-c2c(C3=CCCC3)sc3ncnc(OC(Cc4cc(O[Si](C)(C)C(C)(C)C)ccc4OCOCC[Si](C)(C)C)C(=O)OC(C)(C)C)c23)c(C)c1Cl. The molecule has 5 rings (SSSR count). The molecule has 0 amide bonds. The first kappa shape index (κ1) is 53.5. The van der Waals surface area contributed by atoms with Gasteiger partial charge in [0.25, 0.3) is 0 Å². The molecule has 16 heteroatoms. The van der Waals surface area contributed by atoms with Gasteiger partial charge >= 0.3 is 5.97 Å². The molecule has 11 nitrogen and oxygen atoms in total. The van der Waals surface area contributed by atoms with Crippen LogP contribution in [-0.4, -0.2) is 88.5 Å². The fourth-order valence-corrected chi connectivity index (χ4v) is 10.6. The number of benzene rings is 2. The van der Waals surface area contributed by atoms with Crippen LogP contribution in [0.4, 0.5) is 0 Å². The first-order valence-electron chi connectivity index (χ1n) is 22.7. The summed E-state index contributed by atoms with van der Waals surface area (Å²) in [5.41, 5.74) is 3.98. The highest BCUT2D eigenvalue weighted by Crippen LogP contribution is 2.53. The van der Waals surface area contributed by atoms with Crippen LogP contribution in [0.15, 0.2) is 43.3 Å². The maximum Gasteiger partial charge on any atom is 0.348 e. The predicted octanol–water partition coefficient (Wildman–Crippen LogP) is 13.2. The summed E-state index contributed by atoms with van der Waals surface area (Å²) in [6.45, 7) is 31.6. The maximum absolute atomic E-state index is 14.5. The van der Waals surface area contributed by atoms with Gasteiger partial charge < -0.3 is 38.0 Å². The average Bonchev–Trinajstić information content (AvgIpc) is 3.89. The number of carbonyl (C=O) groups is 1. The minimum absolute atomic E-state index is 0.0404. The van der Waals surface area contributed by atoms with E-state index in [-0.39, 0.29) is 53.1 Å². The number of aliphatic hydroxyl groups is 1. The van der Waals surface area contributed by atoms with Gasteiger partial charge in [0.2, 0.25) is 20.3 Å². The molecule has 66 heavy (non-hydrogen) atoms. The second kappa shape index (κ2) is 22.3. The molecule has 1 unspecified atom stereocenters. The summed E-state index contributed by atoms with van der Waals surface area (Å²) in [4.78, 5) is 25.7. The number of allylic oxidation sites excluding steroid dienone is 2. The number of esters is 1. The van der Waals surface area contributed by atoms with E-state index in [9.17, 15) is 9.90 Å². The van der Waals surface area contributed by atoms with Crippen molar-refractivity contribution in [3.8, 4) is 34.3 Å². The number of hydrogen-bond acceptors (Lipinski definition) is 12. The zero-order valence-corrected chi connectivity index (χ0v) is 45.5. The number of thiophene rings is 1. The lowest BCUT2D eigenvalue weighted by Crippen LogP contribution is -2.43. The second-order valence-electron chi connectivity index (χ2n) is 20.6. The Morgan fingerprint density at radius 2 is 1.68 bits per heavy atom. The van der Waals surface area contributed by atoms with Crippen molar-refractivity contribution in [2.45, 2.75) is 143 Å². The van der Waals surface area contributed by atoms with E-state index in [2.05, 4.69) is 66.2 Å². The number of fused-ring (bicyclic) bond motifs is 1. The largest absolute Gasteiger partial charge is 0.543 e. The maximum atomic E-state index is 14.5. The normalized spacial score (nSPS) is 14.5. The summed E-state index contributed by atoms with van der Waals surface area (Å²) < 4.78 is 43.8. The standard InChI is InChI=1S/C50H70Cl2N2O9SSi2/c1-15-22-57-28-36(27-55)60-44-42(51)31(2)39(32(3)43(44)52)40-41-46(53-29-54-47(41)64-45(40)33-18-16-17-19-33)61-38(48(56)62-49(4,5)6)26-34-25-35(63-66(13,14)50(7,8)9)20-21-37(34)59-30-58-23-24-65(10,11)12/h15,18,20-21,25,29,36,38,55H,1,16-17,19,22-24,26-28,30H2,2-14H3/t36-,38?/m0/s1. The summed E-state index contributed by atoms with van der Waals surface area (Å²) >= 11 is 15.9. The van der Waals surface area contributed by atoms with E-state index in [1.807, 2.05) is 52.8 Å². The van der Waals surface area contributed by atoms with Gasteiger partial charge in [-0.05, 0) is 119 Å². The Hall–Kier alpha value is -3.48. The molecule has 1 N–H and O–H groups in total. The highest BCUT2D eigenvalue weighted by molar-refractivity contribution is 7.20. The summed E-state index contributed by atoms with van der Waals surface area (Å²) in [5, 5.41) is 11.3. The lowest BCUT2D eigenvalue weighted by atomic mass is 9.91. The molecule has 2 atom stereocenters. The Balaban J connectivity index is 1.66. The third-order valence-corrected chi connectivity index (χ3v) is 19.9.